The van der Waals surface area contributed by atoms with Crippen LogP contribution in [0, 0.1) is 13.8 Å². The van der Waals surface area contributed by atoms with Crippen LogP contribution < -0.4 is 15.4 Å². The van der Waals surface area contributed by atoms with Crippen LogP contribution >= 0.6 is 24.0 Å². The minimum absolute atomic E-state index is 0. The Morgan fingerprint density at radius 2 is 1.93 bits per heavy atom. The third-order valence-corrected chi connectivity index (χ3v) is 3.87. The quantitative estimate of drug-likeness (QED) is 0.239. The average molecular weight is 526 g/mol. The van der Waals surface area contributed by atoms with E-state index in [9.17, 15) is 13.2 Å². The van der Waals surface area contributed by atoms with Crippen molar-refractivity contribution in [1.82, 2.24) is 25.4 Å². The Morgan fingerprint density at radius 3 is 2.48 bits per heavy atom. The third-order valence-electron chi connectivity index (χ3n) is 3.87. The molecule has 0 bridgehead atoms. The molecule has 0 saturated carbocycles. The first kappa shape index (κ1) is 25.0. The normalized spacial score (nSPS) is 11.7. The third kappa shape index (κ3) is 8.46. The molecule has 0 aliphatic carbocycles. The van der Waals surface area contributed by atoms with E-state index in [4.69, 9.17) is 4.74 Å². The second-order valence-corrected chi connectivity index (χ2v) is 6.16. The Labute approximate surface area is 185 Å². The lowest BCUT2D eigenvalue weighted by atomic mass is 10.3. The van der Waals surface area contributed by atoms with Crippen molar-refractivity contribution in [3.05, 3.63) is 41.3 Å². The van der Waals surface area contributed by atoms with Crippen molar-refractivity contribution in [2.45, 2.75) is 33.0 Å². The number of halogens is 4. The summed E-state index contributed by atoms with van der Waals surface area (Å²) < 4.78 is 44.8. The lowest BCUT2D eigenvalue weighted by molar-refractivity contribution is -0.137. The summed E-state index contributed by atoms with van der Waals surface area (Å²) >= 11 is 0. The predicted molar refractivity (Wildman–Crippen MR) is 116 cm³/mol. The van der Waals surface area contributed by atoms with E-state index in [-0.39, 0.29) is 36.5 Å². The Bertz CT molecular complexity index is 777. The maximum Gasteiger partial charge on any atom is 0.417 e. The van der Waals surface area contributed by atoms with Crippen molar-refractivity contribution in [3.8, 4) is 5.88 Å². The minimum Gasteiger partial charge on any atom is -0.476 e. The molecule has 2 N–H and O–H groups in total. The van der Waals surface area contributed by atoms with Crippen molar-refractivity contribution < 1.29 is 17.9 Å². The molecule has 2 aromatic rings. The van der Waals surface area contributed by atoms with E-state index in [1.165, 1.54) is 6.07 Å². The van der Waals surface area contributed by atoms with E-state index in [2.05, 4.69) is 25.7 Å². The molecule has 0 aromatic carbocycles. The van der Waals surface area contributed by atoms with Crippen molar-refractivity contribution in [2.75, 3.05) is 26.7 Å². The van der Waals surface area contributed by atoms with Crippen molar-refractivity contribution in [2.24, 2.45) is 4.99 Å². The number of pyridine rings is 1. The van der Waals surface area contributed by atoms with Crippen LogP contribution in [0.5, 0.6) is 5.88 Å². The van der Waals surface area contributed by atoms with Crippen LogP contribution in [0.25, 0.3) is 0 Å². The Kier molecular flexibility index (Phi) is 10.2. The summed E-state index contributed by atoms with van der Waals surface area (Å²) in [6.07, 6.45) is -2.76. The number of ether oxygens (including phenoxy) is 1. The van der Waals surface area contributed by atoms with E-state index in [1.54, 1.807) is 7.05 Å². The smallest absolute Gasteiger partial charge is 0.417 e. The second kappa shape index (κ2) is 11.8. The fourth-order valence-electron chi connectivity index (χ4n) is 2.52. The number of guanidine groups is 1. The summed E-state index contributed by atoms with van der Waals surface area (Å²) in [4.78, 5) is 7.77. The highest BCUT2D eigenvalue weighted by atomic mass is 127. The summed E-state index contributed by atoms with van der Waals surface area (Å²) in [5, 5.41) is 10.7. The van der Waals surface area contributed by atoms with Crippen LogP contribution in [-0.2, 0) is 12.7 Å². The lowest BCUT2D eigenvalue weighted by Gasteiger charge is -2.13. The number of aliphatic imine (C=N–C) groups is 1. The van der Waals surface area contributed by atoms with Gasteiger partial charge in [-0.1, -0.05) is 0 Å². The zero-order valence-electron chi connectivity index (χ0n) is 16.6. The van der Waals surface area contributed by atoms with Gasteiger partial charge >= 0.3 is 6.18 Å². The van der Waals surface area contributed by atoms with Gasteiger partial charge in [-0.15, -0.1) is 24.0 Å². The summed E-state index contributed by atoms with van der Waals surface area (Å²) in [6.45, 7) is 6.20. The molecule has 2 aromatic heterocycles. The van der Waals surface area contributed by atoms with Gasteiger partial charge in [0.2, 0.25) is 5.88 Å². The number of alkyl halides is 3. The molecular weight excluding hydrogens is 500 g/mol. The van der Waals surface area contributed by atoms with Gasteiger partial charge in [0.1, 0.15) is 6.61 Å². The Hall–Kier alpha value is -2.05. The molecule has 0 spiro atoms. The SMILES string of the molecule is CN=C(NCCCn1nc(C)cc1C)NCCOc1ccc(C(F)(F)F)cn1.I. The second-order valence-electron chi connectivity index (χ2n) is 6.16. The number of nitrogens with zero attached hydrogens (tertiary/aromatic N) is 4. The molecule has 11 heteroatoms. The molecule has 29 heavy (non-hydrogen) atoms. The van der Waals surface area contributed by atoms with Gasteiger partial charge in [0, 0.05) is 38.1 Å². The fraction of sp³-hybridized carbons (Fsp3) is 0.500. The van der Waals surface area contributed by atoms with E-state index in [0.29, 0.717) is 12.5 Å². The Balaban J connectivity index is 0.00000420. The van der Waals surface area contributed by atoms with Crippen molar-refractivity contribution in [3.63, 3.8) is 0 Å². The summed E-state index contributed by atoms with van der Waals surface area (Å²) in [6, 6.07) is 4.19. The number of hydrogen-bond acceptors (Lipinski definition) is 4. The van der Waals surface area contributed by atoms with Crippen LogP contribution in [-0.4, -0.2) is 47.5 Å². The monoisotopic (exact) mass is 526 g/mol. The van der Waals surface area contributed by atoms with Gasteiger partial charge in [0.25, 0.3) is 0 Å². The molecule has 0 aliphatic rings. The zero-order valence-corrected chi connectivity index (χ0v) is 18.9. The topological polar surface area (TPSA) is 76.4 Å². The first-order valence-corrected chi connectivity index (χ1v) is 8.91. The summed E-state index contributed by atoms with van der Waals surface area (Å²) in [5.74, 6) is 0.764. The van der Waals surface area contributed by atoms with Crippen LogP contribution in [0.1, 0.15) is 23.4 Å². The lowest BCUT2D eigenvalue weighted by Crippen LogP contribution is -2.39. The van der Waals surface area contributed by atoms with Gasteiger partial charge in [0.15, 0.2) is 5.96 Å². The van der Waals surface area contributed by atoms with Crippen molar-refractivity contribution >= 4 is 29.9 Å². The van der Waals surface area contributed by atoms with Crippen LogP contribution in [0.3, 0.4) is 0 Å². The molecule has 0 radical (unpaired) electrons. The summed E-state index contributed by atoms with van der Waals surface area (Å²) in [5.41, 5.74) is 1.34. The number of aromatic nitrogens is 3. The maximum atomic E-state index is 12.5. The van der Waals surface area contributed by atoms with Crippen LogP contribution in [0.15, 0.2) is 29.4 Å². The number of aryl methyl sites for hydroxylation is 3. The molecule has 7 nitrogen and oxygen atoms in total. The van der Waals surface area contributed by atoms with Gasteiger partial charge < -0.3 is 15.4 Å². The molecule has 0 atom stereocenters. The first-order chi connectivity index (χ1) is 13.3. The summed E-state index contributed by atoms with van der Waals surface area (Å²) in [7, 11) is 1.66. The minimum atomic E-state index is -4.40. The molecule has 162 valence electrons. The van der Waals surface area contributed by atoms with Gasteiger partial charge in [-0.3, -0.25) is 9.67 Å². The molecule has 0 aliphatic heterocycles. The fourth-order valence-corrected chi connectivity index (χ4v) is 2.52. The van der Waals surface area contributed by atoms with E-state index < -0.39 is 11.7 Å². The maximum absolute atomic E-state index is 12.5. The Morgan fingerprint density at radius 1 is 1.21 bits per heavy atom. The van der Waals surface area contributed by atoms with Gasteiger partial charge in [-0.05, 0) is 32.4 Å². The average Bonchev–Trinajstić information content (AvgIpc) is 2.97. The largest absolute Gasteiger partial charge is 0.476 e. The van der Waals surface area contributed by atoms with Crippen molar-refractivity contribution in [1.29, 1.82) is 0 Å². The molecule has 2 rings (SSSR count). The predicted octanol–water partition coefficient (Wildman–Crippen LogP) is 3.17. The van der Waals surface area contributed by atoms with Crippen LogP contribution in [0.4, 0.5) is 13.2 Å². The van der Waals surface area contributed by atoms with Crippen LogP contribution in [0.2, 0.25) is 0 Å². The van der Waals surface area contributed by atoms with Gasteiger partial charge in [-0.25, -0.2) is 4.98 Å². The number of rotatable bonds is 8. The van der Waals surface area contributed by atoms with Gasteiger partial charge in [-0.2, -0.15) is 18.3 Å². The zero-order chi connectivity index (χ0) is 20.6. The molecule has 2 heterocycles. The van der Waals surface area contributed by atoms with E-state index in [0.717, 1.165) is 43.2 Å². The molecular formula is C18H26F3IN6O. The highest BCUT2D eigenvalue weighted by Crippen LogP contribution is 2.29. The van der Waals surface area contributed by atoms with E-state index >= 15 is 0 Å². The number of nitrogens with one attached hydrogen (secondary N) is 2. The number of hydrogen-bond donors (Lipinski definition) is 2. The highest BCUT2D eigenvalue weighted by Gasteiger charge is 2.30. The van der Waals surface area contributed by atoms with E-state index in [1.807, 2.05) is 24.6 Å². The standard InChI is InChI=1S/C18H25F3N6O.HI/c1-13-11-14(2)27(26-13)9-4-7-23-17(22-3)24-8-10-28-16-6-5-15(12-25-16)18(19,20)21;/h5-6,11-12H,4,7-10H2,1-3H3,(H2,22,23,24);1H. The highest BCUT2D eigenvalue weighted by molar-refractivity contribution is 14.0. The van der Waals surface area contributed by atoms with Gasteiger partial charge in [0.05, 0.1) is 17.8 Å². The first-order valence-electron chi connectivity index (χ1n) is 8.91. The molecule has 0 fully saturated rings. The molecule has 0 unspecified atom stereocenters. The molecule has 0 amide bonds. The molecule has 0 saturated heterocycles.